The minimum atomic E-state index is 0. The molecule has 3 rings (SSSR count). The fraction of sp³-hybridized carbons (Fsp3) is 0.500. The Hall–Kier alpha value is -1.16. The van der Waals surface area contributed by atoms with Crippen LogP contribution in [0.25, 0.3) is 0 Å². The van der Waals surface area contributed by atoms with Crippen molar-refractivity contribution in [3.05, 3.63) is 57.8 Å². The van der Waals surface area contributed by atoms with Crippen molar-refractivity contribution in [2.45, 2.75) is 44.9 Å². The van der Waals surface area contributed by atoms with E-state index in [1.54, 1.807) is 11.3 Å². The Morgan fingerprint density at radius 3 is 2.76 bits per heavy atom. The normalized spacial score (nSPS) is 16.1. The van der Waals surface area contributed by atoms with E-state index in [2.05, 4.69) is 63.6 Å². The van der Waals surface area contributed by atoms with Crippen LogP contribution >= 0.6 is 35.3 Å². The van der Waals surface area contributed by atoms with Gasteiger partial charge in [0.25, 0.3) is 0 Å². The number of halogens is 1. The number of nitrogens with one attached hydrogen (secondary N) is 2. The second-order valence-corrected chi connectivity index (χ2v) is 7.99. The summed E-state index contributed by atoms with van der Waals surface area (Å²) in [7, 11) is 1.81. The van der Waals surface area contributed by atoms with Crippen molar-refractivity contribution in [2.24, 2.45) is 4.99 Å². The van der Waals surface area contributed by atoms with Crippen LogP contribution in [0.2, 0.25) is 0 Å². The van der Waals surface area contributed by atoms with E-state index < -0.39 is 0 Å². The van der Waals surface area contributed by atoms with E-state index in [9.17, 15) is 0 Å². The van der Waals surface area contributed by atoms with Gasteiger partial charge in [-0.1, -0.05) is 31.2 Å². The molecule has 0 spiro atoms. The van der Waals surface area contributed by atoms with E-state index in [0.717, 1.165) is 45.1 Å². The van der Waals surface area contributed by atoms with Crippen molar-refractivity contribution in [3.8, 4) is 0 Å². The predicted molar refractivity (Wildman–Crippen MR) is 131 cm³/mol. The molecule has 0 radical (unpaired) electrons. The van der Waals surface area contributed by atoms with E-state index >= 15 is 0 Å². The summed E-state index contributed by atoms with van der Waals surface area (Å²) in [5.74, 6) is 1.28. The van der Waals surface area contributed by atoms with Gasteiger partial charge in [-0.3, -0.25) is 4.99 Å². The number of hydrogen-bond acceptors (Lipinski definition) is 4. The Kier molecular flexibility index (Phi) is 11.0. The lowest BCUT2D eigenvalue weighted by atomic mass is 10.1. The average Bonchev–Trinajstić information content (AvgIpc) is 3.28. The largest absolute Gasteiger partial charge is 0.381 e. The summed E-state index contributed by atoms with van der Waals surface area (Å²) in [6.45, 7) is 6.10. The molecular weight excluding hydrogens is 497 g/mol. The van der Waals surface area contributed by atoms with Gasteiger partial charge >= 0.3 is 0 Å². The second-order valence-electron chi connectivity index (χ2n) is 7.21. The molecule has 5 nitrogen and oxygen atoms in total. The first-order chi connectivity index (χ1) is 13.7. The fourth-order valence-electron chi connectivity index (χ4n) is 3.22. The summed E-state index contributed by atoms with van der Waals surface area (Å²) in [5.41, 5.74) is 3.80. The molecule has 1 aliphatic rings. The highest BCUT2D eigenvalue weighted by molar-refractivity contribution is 14.0. The number of benzene rings is 1. The lowest BCUT2D eigenvalue weighted by Gasteiger charge is -2.22. The molecule has 1 aliphatic heterocycles. The molecule has 1 atom stereocenters. The first-order valence-electron chi connectivity index (χ1n) is 9.98. The molecule has 0 saturated carbocycles. The SMILES string of the molecule is CN=C(NCc1cccc(COC2CCOCC2)c1)NCC(C)c1ccsc1.I. The van der Waals surface area contributed by atoms with Gasteiger partial charge in [0.05, 0.1) is 12.7 Å². The van der Waals surface area contributed by atoms with Crippen LogP contribution in [0.4, 0.5) is 0 Å². The van der Waals surface area contributed by atoms with Crippen LogP contribution in [-0.2, 0) is 22.6 Å². The first kappa shape index (κ1) is 24.1. The van der Waals surface area contributed by atoms with Gasteiger partial charge in [-0.25, -0.2) is 0 Å². The number of hydrogen-bond donors (Lipinski definition) is 2. The zero-order valence-electron chi connectivity index (χ0n) is 17.2. The maximum Gasteiger partial charge on any atom is 0.191 e. The maximum atomic E-state index is 6.04. The summed E-state index contributed by atoms with van der Waals surface area (Å²) in [4.78, 5) is 4.34. The third-order valence-corrected chi connectivity index (χ3v) is 5.72. The molecular formula is C22H32IN3O2S. The molecule has 160 valence electrons. The molecule has 0 aliphatic carbocycles. The Morgan fingerprint density at radius 1 is 1.24 bits per heavy atom. The quantitative estimate of drug-likeness (QED) is 0.300. The van der Waals surface area contributed by atoms with Gasteiger partial charge in [0, 0.05) is 33.4 Å². The standard InChI is InChI=1S/C22H31N3O2S.HI/c1-17(20-8-11-28-16-20)13-24-22(23-2)25-14-18-4-3-5-19(12-18)15-27-21-6-9-26-10-7-21;/h3-5,8,11-12,16-17,21H,6-7,9-10,13-15H2,1-2H3,(H2,23,24,25);1H. The van der Waals surface area contributed by atoms with Crippen molar-refractivity contribution < 1.29 is 9.47 Å². The lowest BCUT2D eigenvalue weighted by molar-refractivity contribution is -0.0390. The van der Waals surface area contributed by atoms with Gasteiger partial charge in [0.2, 0.25) is 0 Å². The number of aliphatic imine (C=N–C) groups is 1. The molecule has 1 saturated heterocycles. The Balaban J connectivity index is 0.00000300. The topological polar surface area (TPSA) is 54.9 Å². The number of nitrogens with zero attached hydrogens (tertiary/aromatic N) is 1. The van der Waals surface area contributed by atoms with Crippen LogP contribution < -0.4 is 10.6 Å². The van der Waals surface area contributed by atoms with Crippen molar-refractivity contribution in [1.82, 2.24) is 10.6 Å². The second kappa shape index (κ2) is 13.2. The monoisotopic (exact) mass is 529 g/mol. The number of guanidine groups is 1. The zero-order chi connectivity index (χ0) is 19.6. The first-order valence-corrected chi connectivity index (χ1v) is 10.9. The van der Waals surface area contributed by atoms with E-state index in [1.807, 2.05) is 7.05 Å². The molecule has 1 aromatic heterocycles. The van der Waals surface area contributed by atoms with Gasteiger partial charge < -0.3 is 20.1 Å². The molecule has 0 bridgehead atoms. The summed E-state index contributed by atoms with van der Waals surface area (Å²) >= 11 is 1.74. The molecule has 1 fully saturated rings. The van der Waals surface area contributed by atoms with Crippen LogP contribution in [0, 0.1) is 0 Å². The predicted octanol–water partition coefficient (Wildman–Crippen LogP) is 4.53. The van der Waals surface area contributed by atoms with Gasteiger partial charge in [-0.15, -0.1) is 24.0 Å². The fourth-order valence-corrected chi connectivity index (χ4v) is 4.00. The summed E-state index contributed by atoms with van der Waals surface area (Å²) < 4.78 is 11.4. The van der Waals surface area contributed by atoms with Crippen molar-refractivity contribution in [1.29, 1.82) is 0 Å². The minimum Gasteiger partial charge on any atom is -0.381 e. The molecule has 2 heterocycles. The Bertz CT molecular complexity index is 733. The molecule has 1 aromatic carbocycles. The van der Waals surface area contributed by atoms with E-state index in [4.69, 9.17) is 9.47 Å². The lowest BCUT2D eigenvalue weighted by Crippen LogP contribution is -2.38. The van der Waals surface area contributed by atoms with E-state index in [0.29, 0.717) is 18.6 Å². The number of ether oxygens (including phenoxy) is 2. The third-order valence-electron chi connectivity index (χ3n) is 5.02. The minimum absolute atomic E-state index is 0. The van der Waals surface area contributed by atoms with Crippen molar-refractivity contribution in [2.75, 3.05) is 26.8 Å². The maximum absolute atomic E-state index is 6.04. The Labute approximate surface area is 195 Å². The third kappa shape index (κ3) is 8.24. The molecule has 29 heavy (non-hydrogen) atoms. The van der Waals surface area contributed by atoms with Gasteiger partial charge in [0.1, 0.15) is 0 Å². The summed E-state index contributed by atoms with van der Waals surface area (Å²) in [5, 5.41) is 11.1. The van der Waals surface area contributed by atoms with E-state index in [-0.39, 0.29) is 24.0 Å². The zero-order valence-corrected chi connectivity index (χ0v) is 20.4. The van der Waals surface area contributed by atoms with Crippen LogP contribution in [0.1, 0.15) is 42.4 Å². The smallest absolute Gasteiger partial charge is 0.191 e. The molecule has 2 aromatic rings. The molecule has 1 unspecified atom stereocenters. The summed E-state index contributed by atoms with van der Waals surface area (Å²) in [6, 6.07) is 10.7. The highest BCUT2D eigenvalue weighted by atomic mass is 127. The number of rotatable bonds is 8. The highest BCUT2D eigenvalue weighted by Gasteiger charge is 2.14. The molecule has 0 amide bonds. The number of thiophene rings is 1. The highest BCUT2D eigenvalue weighted by Crippen LogP contribution is 2.17. The van der Waals surface area contributed by atoms with Crippen LogP contribution in [0.3, 0.4) is 0 Å². The van der Waals surface area contributed by atoms with Crippen LogP contribution in [0.5, 0.6) is 0 Å². The summed E-state index contributed by atoms with van der Waals surface area (Å²) in [6.07, 6.45) is 2.31. The Morgan fingerprint density at radius 2 is 2.03 bits per heavy atom. The van der Waals surface area contributed by atoms with Gasteiger partial charge in [0.15, 0.2) is 5.96 Å². The molecule has 2 N–H and O–H groups in total. The van der Waals surface area contributed by atoms with Crippen LogP contribution in [0.15, 0.2) is 46.1 Å². The van der Waals surface area contributed by atoms with Gasteiger partial charge in [-0.05, 0) is 52.3 Å². The van der Waals surface area contributed by atoms with E-state index in [1.165, 1.54) is 16.7 Å². The van der Waals surface area contributed by atoms with Crippen molar-refractivity contribution >= 4 is 41.3 Å². The molecule has 7 heteroatoms. The van der Waals surface area contributed by atoms with Crippen molar-refractivity contribution in [3.63, 3.8) is 0 Å². The average molecular weight is 529 g/mol. The van der Waals surface area contributed by atoms with Gasteiger partial charge in [-0.2, -0.15) is 11.3 Å². The van der Waals surface area contributed by atoms with Crippen LogP contribution in [-0.4, -0.2) is 38.9 Å².